The lowest BCUT2D eigenvalue weighted by Crippen LogP contribution is -2.61. The summed E-state index contributed by atoms with van der Waals surface area (Å²) in [6.45, 7) is -2.24. The maximum Gasteiger partial charge on any atom is 0.405 e. The van der Waals surface area contributed by atoms with Crippen LogP contribution in [0.15, 0.2) is 93.5 Å². The molecule has 1 heterocycles. The summed E-state index contributed by atoms with van der Waals surface area (Å²) in [6, 6.07) is 20.3. The number of hydrogen-bond donors (Lipinski definition) is 1. The fourth-order valence-corrected chi connectivity index (χ4v) is 6.64. The van der Waals surface area contributed by atoms with Crippen molar-refractivity contribution in [1.29, 1.82) is 0 Å². The molecule has 1 aliphatic heterocycles. The van der Waals surface area contributed by atoms with Gasteiger partial charge in [-0.05, 0) is 74.5 Å². The van der Waals surface area contributed by atoms with Crippen molar-refractivity contribution in [3.05, 3.63) is 84.4 Å². The Balaban J connectivity index is 1.63. The summed E-state index contributed by atoms with van der Waals surface area (Å²) in [5, 5.41) is -4.57. The van der Waals surface area contributed by atoms with Crippen molar-refractivity contribution < 1.29 is 62.3 Å². The van der Waals surface area contributed by atoms with Crippen LogP contribution in [0.25, 0.3) is 0 Å². The Morgan fingerprint density at radius 2 is 1.23 bits per heavy atom. The molecule has 1 fully saturated rings. The Bertz CT molecular complexity index is 1530. The van der Waals surface area contributed by atoms with E-state index in [1.807, 2.05) is 0 Å². The van der Waals surface area contributed by atoms with Gasteiger partial charge in [0.25, 0.3) is 0 Å². The van der Waals surface area contributed by atoms with E-state index in [-0.39, 0.29) is 11.3 Å². The zero-order chi connectivity index (χ0) is 32.8. The molecule has 4 rings (SSSR count). The number of rotatable bonds is 8. The van der Waals surface area contributed by atoms with Crippen LogP contribution in [0.2, 0.25) is 0 Å². The summed E-state index contributed by atoms with van der Waals surface area (Å²) in [5.74, 6) is -18.4. The Labute approximate surface area is 250 Å². The molecule has 2 unspecified atom stereocenters. The van der Waals surface area contributed by atoms with Gasteiger partial charge in [-0.1, -0.05) is 18.2 Å². The van der Waals surface area contributed by atoms with Gasteiger partial charge in [0, 0.05) is 5.56 Å². The molecular weight excluding hydrogens is 648 g/mol. The molecule has 3 aromatic rings. The van der Waals surface area contributed by atoms with E-state index >= 15 is 0 Å². The van der Waals surface area contributed by atoms with Crippen molar-refractivity contribution >= 4 is 21.0 Å². The van der Waals surface area contributed by atoms with E-state index in [9.17, 15) is 43.5 Å². The van der Waals surface area contributed by atoms with Crippen molar-refractivity contribution in [2.45, 2.75) is 63.4 Å². The average molecular weight is 674 g/mol. The van der Waals surface area contributed by atoms with Crippen LogP contribution in [0.1, 0.15) is 19.4 Å². The number of alkyl halides is 8. The molecule has 0 radical (unpaired) electrons. The number of ether oxygens (including phenoxy) is 3. The summed E-state index contributed by atoms with van der Waals surface area (Å²) >= 11 is 0. The second kappa shape index (κ2) is 11.8. The fraction of sp³-hybridized carbons (Fsp3) is 0.357. The van der Waals surface area contributed by atoms with Gasteiger partial charge in [-0.2, -0.15) is 43.5 Å². The first kappa shape index (κ1) is 34.0. The zero-order valence-corrected chi connectivity index (χ0v) is 24.5. The highest BCUT2D eigenvalue weighted by Crippen LogP contribution is 2.49. The average Bonchev–Trinajstić information content (AvgIpc) is 2.96. The highest BCUT2D eigenvalue weighted by atomic mass is 32.2. The Morgan fingerprint density at radius 1 is 0.795 bits per heavy atom. The molecule has 44 heavy (non-hydrogen) atoms. The first-order chi connectivity index (χ1) is 20.2. The maximum atomic E-state index is 14.0. The molecule has 240 valence electrons. The molecule has 0 bridgehead atoms. The zero-order valence-electron chi connectivity index (χ0n) is 22.8. The van der Waals surface area contributed by atoms with E-state index in [2.05, 4.69) is 0 Å². The summed E-state index contributed by atoms with van der Waals surface area (Å²) in [6.07, 6.45) is -2.23. The third-order valence-corrected chi connectivity index (χ3v) is 10.0. The van der Waals surface area contributed by atoms with Gasteiger partial charge in [0.15, 0.2) is 26.6 Å². The van der Waals surface area contributed by atoms with E-state index in [0.717, 1.165) is 18.7 Å². The van der Waals surface area contributed by atoms with Crippen molar-refractivity contribution in [2.24, 2.45) is 0 Å². The highest BCUT2D eigenvalue weighted by molar-refractivity contribution is 7.97. The van der Waals surface area contributed by atoms with Crippen LogP contribution >= 0.6 is 0 Å². The quantitative estimate of drug-likeness (QED) is 0.155. The molecule has 6 nitrogen and oxygen atoms in total. The Hall–Kier alpha value is -2.92. The molecule has 0 amide bonds. The summed E-state index contributed by atoms with van der Waals surface area (Å²) in [4.78, 5) is 2.00. The Kier molecular flexibility index (Phi) is 9.09. The summed E-state index contributed by atoms with van der Waals surface area (Å²) in [7, 11) is -6.63. The molecular formula is C28H25F8O6S2+. The van der Waals surface area contributed by atoms with Crippen LogP contribution in [0, 0.1) is 0 Å². The molecule has 0 spiro atoms. The van der Waals surface area contributed by atoms with E-state index in [1.165, 1.54) is 48.5 Å². The highest BCUT2D eigenvalue weighted by Gasteiger charge is 2.73. The minimum absolute atomic E-state index is 0.00724. The molecule has 3 aromatic carbocycles. The van der Waals surface area contributed by atoms with Gasteiger partial charge < -0.3 is 14.2 Å². The van der Waals surface area contributed by atoms with Gasteiger partial charge in [-0.25, -0.2) is 0 Å². The number of halogens is 8. The molecule has 1 aliphatic rings. The normalized spacial score (nSPS) is 21.0. The minimum Gasteiger partial charge on any atom is -0.483 e. The second-order valence-electron chi connectivity index (χ2n) is 9.92. The molecule has 1 saturated heterocycles. The van der Waals surface area contributed by atoms with E-state index < -0.39 is 69.1 Å². The lowest BCUT2D eigenvalue weighted by Gasteiger charge is -2.40. The van der Waals surface area contributed by atoms with Crippen LogP contribution < -0.4 is 4.74 Å². The van der Waals surface area contributed by atoms with Crippen molar-refractivity contribution in [3.63, 3.8) is 0 Å². The van der Waals surface area contributed by atoms with Gasteiger partial charge in [-0.15, -0.1) is 0 Å². The van der Waals surface area contributed by atoms with Crippen molar-refractivity contribution in [2.75, 3.05) is 13.2 Å². The molecule has 0 aliphatic carbocycles. The standard InChI is InChI=1S/C28H24F8O6S2/c1-18(27(33,34)44(37,38)39)42-20-10-14-23(15-11-20)43(21-6-4-3-5-7-21)22-12-8-19(9-13-22)24(2)40-16-25(29,30)28(35,36)26(31,32)17-41-24/h3-15,18H,16-17H2,1-2H3/p+1. The molecule has 16 heteroatoms. The summed E-state index contributed by atoms with van der Waals surface area (Å²) < 4.78 is 157. The van der Waals surface area contributed by atoms with Crippen LogP contribution in [0.3, 0.4) is 0 Å². The number of hydrogen-bond acceptors (Lipinski definition) is 5. The van der Waals surface area contributed by atoms with Gasteiger partial charge in [0.2, 0.25) is 0 Å². The molecule has 0 saturated carbocycles. The predicted octanol–water partition coefficient (Wildman–Crippen LogP) is 7.16. The van der Waals surface area contributed by atoms with Gasteiger partial charge in [-0.3, -0.25) is 4.55 Å². The van der Waals surface area contributed by atoms with Gasteiger partial charge >= 0.3 is 33.1 Å². The smallest absolute Gasteiger partial charge is 0.405 e. The van der Waals surface area contributed by atoms with Crippen LogP contribution in [-0.4, -0.2) is 55.3 Å². The second-order valence-corrected chi connectivity index (χ2v) is 13.4. The lowest BCUT2D eigenvalue weighted by atomic mass is 10.0. The Morgan fingerprint density at radius 3 is 1.68 bits per heavy atom. The van der Waals surface area contributed by atoms with Gasteiger partial charge in [0.05, 0.1) is 10.9 Å². The third-order valence-electron chi connectivity index (χ3n) is 6.76. The molecule has 1 N–H and O–H groups in total. The predicted molar refractivity (Wildman–Crippen MR) is 142 cm³/mol. The monoisotopic (exact) mass is 673 g/mol. The molecule has 2 atom stereocenters. The minimum atomic E-state index is -5.73. The topological polar surface area (TPSA) is 82.1 Å². The van der Waals surface area contributed by atoms with E-state index in [1.54, 1.807) is 30.3 Å². The van der Waals surface area contributed by atoms with Crippen LogP contribution in [-0.2, 0) is 36.3 Å². The van der Waals surface area contributed by atoms with Crippen molar-refractivity contribution in [1.82, 2.24) is 0 Å². The first-order valence-electron chi connectivity index (χ1n) is 12.6. The van der Waals surface area contributed by atoms with Crippen LogP contribution in [0.5, 0.6) is 5.75 Å². The molecule has 0 aromatic heterocycles. The van der Waals surface area contributed by atoms with Gasteiger partial charge in [0.1, 0.15) is 19.0 Å². The van der Waals surface area contributed by atoms with E-state index in [0.29, 0.717) is 9.79 Å². The largest absolute Gasteiger partial charge is 0.483 e. The third kappa shape index (κ3) is 6.40. The van der Waals surface area contributed by atoms with Crippen molar-refractivity contribution in [3.8, 4) is 5.75 Å². The first-order valence-corrected chi connectivity index (χ1v) is 15.3. The maximum absolute atomic E-state index is 14.0. The van der Waals surface area contributed by atoms with Crippen LogP contribution in [0.4, 0.5) is 35.1 Å². The summed E-state index contributed by atoms with van der Waals surface area (Å²) in [5.41, 5.74) is -0.00724. The number of benzene rings is 3. The lowest BCUT2D eigenvalue weighted by molar-refractivity contribution is -0.387. The SMILES string of the molecule is CC(Oc1ccc([S+](c2ccccc2)c2ccc(C3(C)OCC(F)(F)C(F)(F)C(F)(F)CO3)cc2)cc1)C(F)(F)S(=O)(=O)O. The fourth-order valence-electron chi connectivity index (χ4n) is 4.11. The van der Waals surface area contributed by atoms with E-state index in [4.69, 9.17) is 18.8 Å².